The highest BCUT2D eigenvalue weighted by molar-refractivity contribution is 5.85. The Morgan fingerprint density at radius 2 is 1.71 bits per heavy atom. The van der Waals surface area contributed by atoms with Gasteiger partial charge in [0.05, 0.1) is 24.0 Å². The Morgan fingerprint density at radius 1 is 1.18 bits per heavy atom. The third-order valence-electron chi connectivity index (χ3n) is 2.99. The third kappa shape index (κ3) is 2.94. The zero-order valence-electron chi connectivity index (χ0n) is 9.30. The Bertz CT molecular complexity index is 378. The van der Waals surface area contributed by atoms with Crippen molar-refractivity contribution in [2.45, 2.75) is 19.3 Å². The van der Waals surface area contributed by atoms with Crippen LogP contribution in [0.4, 0.5) is 0 Å². The highest BCUT2D eigenvalue weighted by Gasteiger charge is 2.39. The summed E-state index contributed by atoms with van der Waals surface area (Å²) in [7, 11) is 0. The van der Waals surface area contributed by atoms with Gasteiger partial charge in [-0.2, -0.15) is 10.5 Å². The first-order valence-corrected chi connectivity index (χ1v) is 5.37. The molecule has 1 aliphatic carbocycles. The molecule has 1 fully saturated rings. The molecule has 1 aliphatic rings. The number of carbonyl (C=O) groups is 2. The Hall–Kier alpha value is -2.08. The van der Waals surface area contributed by atoms with Crippen molar-refractivity contribution in [2.24, 2.45) is 11.8 Å². The molecule has 0 bridgehead atoms. The molecule has 0 spiro atoms. The topological polar surface area (TPSA) is 105 Å². The number of nitriles is 2. The number of nitrogens with zero attached hydrogens (tertiary/aromatic N) is 3. The molecule has 6 nitrogen and oxygen atoms in total. The van der Waals surface area contributed by atoms with Gasteiger partial charge < -0.3 is 10.0 Å². The van der Waals surface area contributed by atoms with E-state index in [0.29, 0.717) is 19.3 Å². The molecule has 0 aromatic heterocycles. The lowest BCUT2D eigenvalue weighted by molar-refractivity contribution is -0.148. The first kappa shape index (κ1) is 13.0. The van der Waals surface area contributed by atoms with Crippen molar-refractivity contribution in [3.05, 3.63) is 0 Å². The van der Waals surface area contributed by atoms with Gasteiger partial charge in [0.1, 0.15) is 13.1 Å². The van der Waals surface area contributed by atoms with E-state index in [1.54, 1.807) is 0 Å². The molecule has 17 heavy (non-hydrogen) atoms. The van der Waals surface area contributed by atoms with Gasteiger partial charge in [0.2, 0.25) is 5.91 Å². The fourth-order valence-electron chi connectivity index (χ4n) is 2.17. The average Bonchev–Trinajstić information content (AvgIpc) is 2.76. The minimum Gasteiger partial charge on any atom is -0.481 e. The van der Waals surface area contributed by atoms with Crippen LogP contribution < -0.4 is 0 Å². The Balaban J connectivity index is 2.77. The number of amides is 1. The zero-order chi connectivity index (χ0) is 12.8. The SMILES string of the molecule is N#CCN(CC#N)C(=O)C1CCCC1C(=O)O. The van der Waals surface area contributed by atoms with Crippen LogP contribution in [0.1, 0.15) is 19.3 Å². The minimum absolute atomic E-state index is 0.171. The molecule has 0 aromatic carbocycles. The van der Waals surface area contributed by atoms with E-state index in [2.05, 4.69) is 0 Å². The highest BCUT2D eigenvalue weighted by atomic mass is 16.4. The summed E-state index contributed by atoms with van der Waals surface area (Å²) in [6.45, 7) is -0.343. The zero-order valence-corrected chi connectivity index (χ0v) is 9.30. The number of carbonyl (C=O) groups excluding carboxylic acids is 1. The molecule has 2 atom stereocenters. The van der Waals surface area contributed by atoms with Crippen LogP contribution in [0.2, 0.25) is 0 Å². The second kappa shape index (κ2) is 5.86. The van der Waals surface area contributed by atoms with Gasteiger partial charge in [-0.1, -0.05) is 6.42 Å². The number of rotatable bonds is 4. The van der Waals surface area contributed by atoms with E-state index in [9.17, 15) is 9.59 Å². The molecule has 1 saturated carbocycles. The van der Waals surface area contributed by atoms with Gasteiger partial charge in [-0.05, 0) is 12.8 Å². The molecular formula is C11H13N3O3. The fourth-order valence-corrected chi connectivity index (χ4v) is 2.17. The third-order valence-corrected chi connectivity index (χ3v) is 2.99. The van der Waals surface area contributed by atoms with Crippen molar-refractivity contribution >= 4 is 11.9 Å². The van der Waals surface area contributed by atoms with Crippen LogP contribution in [-0.4, -0.2) is 35.0 Å². The summed E-state index contributed by atoms with van der Waals surface area (Å²) in [6, 6.07) is 3.62. The molecule has 0 saturated heterocycles. The largest absolute Gasteiger partial charge is 0.481 e. The van der Waals surface area contributed by atoms with E-state index in [1.807, 2.05) is 12.1 Å². The number of hydrogen-bond acceptors (Lipinski definition) is 4. The van der Waals surface area contributed by atoms with Crippen molar-refractivity contribution in [1.82, 2.24) is 4.90 Å². The van der Waals surface area contributed by atoms with Gasteiger partial charge in [0.15, 0.2) is 0 Å². The quantitative estimate of drug-likeness (QED) is 0.708. The minimum atomic E-state index is -0.977. The Kier molecular flexibility index (Phi) is 4.47. The van der Waals surface area contributed by atoms with Crippen LogP contribution in [0.5, 0.6) is 0 Å². The molecule has 0 heterocycles. The van der Waals surface area contributed by atoms with Crippen LogP contribution in [0.3, 0.4) is 0 Å². The molecule has 1 amide bonds. The smallest absolute Gasteiger partial charge is 0.307 e. The maximum atomic E-state index is 12.0. The number of carboxylic acid groups (broad SMARTS) is 1. The van der Waals surface area contributed by atoms with Crippen molar-refractivity contribution in [3.63, 3.8) is 0 Å². The average molecular weight is 235 g/mol. The summed E-state index contributed by atoms with van der Waals surface area (Å²) >= 11 is 0. The van der Waals surface area contributed by atoms with E-state index < -0.39 is 23.7 Å². The van der Waals surface area contributed by atoms with Crippen LogP contribution in [0.25, 0.3) is 0 Å². The van der Waals surface area contributed by atoms with Crippen LogP contribution in [-0.2, 0) is 9.59 Å². The van der Waals surface area contributed by atoms with Gasteiger partial charge in [-0.25, -0.2) is 0 Å². The Labute approximate surface area is 99.0 Å². The maximum absolute atomic E-state index is 12.0. The standard InChI is InChI=1S/C11H13N3O3/c12-4-6-14(7-5-13)10(15)8-2-1-3-9(8)11(16)17/h8-9H,1-3,6-7H2,(H,16,17). The molecule has 0 aliphatic heterocycles. The lowest BCUT2D eigenvalue weighted by Crippen LogP contribution is -2.39. The molecule has 1 N–H and O–H groups in total. The molecule has 0 aromatic rings. The lowest BCUT2D eigenvalue weighted by Gasteiger charge is -2.22. The van der Waals surface area contributed by atoms with Crippen LogP contribution in [0.15, 0.2) is 0 Å². The molecule has 2 unspecified atom stereocenters. The van der Waals surface area contributed by atoms with E-state index in [0.717, 1.165) is 4.90 Å². The number of hydrogen-bond donors (Lipinski definition) is 1. The lowest BCUT2D eigenvalue weighted by atomic mass is 9.95. The van der Waals surface area contributed by atoms with Gasteiger partial charge in [0, 0.05) is 0 Å². The van der Waals surface area contributed by atoms with E-state index >= 15 is 0 Å². The predicted molar refractivity (Wildman–Crippen MR) is 56.3 cm³/mol. The normalized spacial score (nSPS) is 22.5. The van der Waals surface area contributed by atoms with Gasteiger partial charge in [-0.3, -0.25) is 9.59 Å². The van der Waals surface area contributed by atoms with E-state index in [-0.39, 0.29) is 13.1 Å². The monoisotopic (exact) mass is 235 g/mol. The fraction of sp³-hybridized carbons (Fsp3) is 0.636. The summed E-state index contributed by atoms with van der Waals surface area (Å²) < 4.78 is 0. The van der Waals surface area contributed by atoms with Crippen molar-refractivity contribution in [1.29, 1.82) is 10.5 Å². The summed E-state index contributed by atoms with van der Waals surface area (Å²) in [5.41, 5.74) is 0. The molecule has 90 valence electrons. The maximum Gasteiger partial charge on any atom is 0.307 e. The number of aliphatic carboxylic acids is 1. The van der Waals surface area contributed by atoms with Gasteiger partial charge >= 0.3 is 5.97 Å². The second-order valence-electron chi connectivity index (χ2n) is 3.99. The van der Waals surface area contributed by atoms with Crippen LogP contribution >= 0.6 is 0 Å². The molecule has 1 rings (SSSR count). The van der Waals surface area contributed by atoms with E-state index in [4.69, 9.17) is 15.6 Å². The molecule has 6 heteroatoms. The van der Waals surface area contributed by atoms with Crippen molar-refractivity contribution in [2.75, 3.05) is 13.1 Å². The molecular weight excluding hydrogens is 222 g/mol. The van der Waals surface area contributed by atoms with Gasteiger partial charge in [-0.15, -0.1) is 0 Å². The second-order valence-corrected chi connectivity index (χ2v) is 3.99. The first-order chi connectivity index (χ1) is 8.11. The predicted octanol–water partition coefficient (Wildman–Crippen LogP) is 0.363. The summed E-state index contributed by atoms with van der Waals surface area (Å²) in [5, 5.41) is 26.1. The Morgan fingerprint density at radius 3 is 2.18 bits per heavy atom. The number of carboxylic acids is 1. The van der Waals surface area contributed by atoms with Crippen molar-refractivity contribution < 1.29 is 14.7 Å². The summed E-state index contributed by atoms with van der Waals surface area (Å²) in [5.74, 6) is -2.63. The first-order valence-electron chi connectivity index (χ1n) is 5.37. The van der Waals surface area contributed by atoms with E-state index in [1.165, 1.54) is 0 Å². The summed E-state index contributed by atoms with van der Waals surface area (Å²) in [4.78, 5) is 24.1. The van der Waals surface area contributed by atoms with Gasteiger partial charge in [0.25, 0.3) is 0 Å². The molecule has 0 radical (unpaired) electrons. The summed E-state index contributed by atoms with van der Waals surface area (Å²) in [6.07, 6.45) is 1.70. The highest BCUT2D eigenvalue weighted by Crippen LogP contribution is 2.33. The van der Waals surface area contributed by atoms with Crippen LogP contribution in [0, 0.1) is 34.5 Å². The van der Waals surface area contributed by atoms with Crippen molar-refractivity contribution in [3.8, 4) is 12.1 Å².